The molecule has 70 heavy (non-hydrogen) atoms. The first kappa shape index (κ1) is 29.3. The molecule has 10 rings (SSSR count). The van der Waals surface area contributed by atoms with Crippen molar-refractivity contribution in [3.8, 4) is 89.7 Å². The van der Waals surface area contributed by atoms with E-state index in [2.05, 4.69) is 26.0 Å². The lowest BCUT2D eigenvalue weighted by atomic mass is 9.79. The monoisotopic (exact) mass is 930 g/mol. The van der Waals surface area contributed by atoms with E-state index in [0.29, 0.717) is 51.7 Å². The van der Waals surface area contributed by atoms with Gasteiger partial charge in [-0.3, -0.25) is 9.55 Å². The Labute approximate surface area is 439 Å². The zero-order valence-corrected chi connectivity index (χ0v) is 38.6. The summed E-state index contributed by atoms with van der Waals surface area (Å²) in [5, 5.41) is 13.1. The van der Waals surface area contributed by atoms with E-state index in [-0.39, 0.29) is 17.0 Å². The van der Waals surface area contributed by atoms with Crippen LogP contribution in [0.25, 0.3) is 95.0 Å². The molecule has 0 aliphatic carbocycles. The van der Waals surface area contributed by atoms with Gasteiger partial charge in [0.25, 0.3) is 0 Å². The summed E-state index contributed by atoms with van der Waals surface area (Å²) in [4.78, 5) is 10.1. The summed E-state index contributed by atoms with van der Waals surface area (Å²) in [5.41, 5.74) is -0.854. The maximum Gasteiger partial charge on any atom is 0.149 e. The molecule has 1 N–H and O–H groups in total. The minimum Gasteiger partial charge on any atom is -0.507 e. The number of fused-ring (bicyclic) bond motifs is 1. The fraction of sp³-hybridized carbons (Fsp3) is 0.182. The fourth-order valence-electron chi connectivity index (χ4n) is 9.27. The Bertz CT molecular complexity index is 4110. The van der Waals surface area contributed by atoms with Crippen LogP contribution in [0.5, 0.6) is 5.75 Å². The van der Waals surface area contributed by atoms with Gasteiger partial charge in [-0.2, -0.15) is 0 Å². The predicted octanol–water partition coefficient (Wildman–Crippen LogP) is 17.6. The third kappa shape index (κ3) is 9.22. The minimum atomic E-state index is -4.15. The van der Waals surface area contributed by atoms with Gasteiger partial charge in [0, 0.05) is 53.1 Å². The molecule has 8 aromatic carbocycles. The molecule has 2 heterocycles. The van der Waals surface area contributed by atoms with Crippen LogP contribution in [0.2, 0.25) is 0 Å². The van der Waals surface area contributed by atoms with Gasteiger partial charge in [0.15, 0.2) is 0 Å². The molecule has 0 atom stereocenters. The molecular weight excluding hydrogens is 851 g/mol. The van der Waals surface area contributed by atoms with E-state index in [4.69, 9.17) is 34.6 Å². The van der Waals surface area contributed by atoms with E-state index in [1.54, 1.807) is 35.0 Å². The maximum atomic E-state index is 13.1. The number of hydrogen-bond acceptors (Lipinski definition) is 3. The molecule has 4 heteroatoms. The van der Waals surface area contributed by atoms with Gasteiger partial charge in [-0.25, -0.2) is 4.98 Å². The van der Waals surface area contributed by atoms with Crippen molar-refractivity contribution in [1.82, 2.24) is 14.5 Å². The average molecular weight is 930 g/mol. The number of aromatic nitrogens is 3. The van der Waals surface area contributed by atoms with Crippen LogP contribution in [0.1, 0.15) is 96.3 Å². The Morgan fingerprint density at radius 2 is 1.10 bits per heavy atom. The summed E-state index contributed by atoms with van der Waals surface area (Å²) in [6.45, 7) is -20.5. The molecule has 2 aromatic heterocycles. The Morgan fingerprint density at radius 3 is 1.76 bits per heavy atom. The summed E-state index contributed by atoms with van der Waals surface area (Å²) in [6.07, 6.45) is 2.35. The second-order valence-electron chi connectivity index (χ2n) is 18.2. The number of nitrogens with zero attached hydrogens (tertiary/aromatic N) is 3. The van der Waals surface area contributed by atoms with E-state index >= 15 is 0 Å². The van der Waals surface area contributed by atoms with Gasteiger partial charge in [-0.15, -0.1) is 0 Å². The van der Waals surface area contributed by atoms with Crippen LogP contribution < -0.4 is 0 Å². The average Bonchev–Trinajstić information content (AvgIpc) is 0.796. The van der Waals surface area contributed by atoms with Crippen LogP contribution in [0.3, 0.4) is 0 Å². The summed E-state index contributed by atoms with van der Waals surface area (Å²) >= 11 is 0. The Hall–Kier alpha value is -7.82. The zero-order valence-electron chi connectivity index (χ0n) is 56.6. The molecule has 0 saturated heterocycles. The lowest BCUT2D eigenvalue weighted by molar-refractivity contribution is 0.446. The first-order chi connectivity index (χ1) is 41.2. The molecule has 0 fully saturated rings. The topological polar surface area (TPSA) is 50.9 Å². The van der Waals surface area contributed by atoms with Crippen molar-refractivity contribution in [3.05, 3.63) is 217 Å². The first-order valence-electron chi connectivity index (χ1n) is 32.1. The van der Waals surface area contributed by atoms with E-state index < -0.39 is 80.2 Å². The molecule has 346 valence electrons. The van der Waals surface area contributed by atoms with Gasteiger partial charge in [-0.05, 0) is 133 Å². The van der Waals surface area contributed by atoms with Crippen molar-refractivity contribution < 1.29 is 29.8 Å². The van der Waals surface area contributed by atoms with Crippen molar-refractivity contribution in [2.75, 3.05) is 0 Å². The van der Waals surface area contributed by atoms with Crippen LogP contribution in [0, 0.1) is 5.92 Å². The van der Waals surface area contributed by atoms with Gasteiger partial charge >= 0.3 is 0 Å². The van der Waals surface area contributed by atoms with Crippen molar-refractivity contribution in [3.63, 3.8) is 0 Å². The summed E-state index contributed by atoms with van der Waals surface area (Å²) in [7, 11) is 0. The van der Waals surface area contributed by atoms with Crippen LogP contribution in [-0.2, 0) is 17.3 Å². The van der Waals surface area contributed by atoms with Gasteiger partial charge in [0.1, 0.15) is 11.6 Å². The Balaban J connectivity index is 1.35. The number of hydrogen-bond donors (Lipinski definition) is 1. The molecule has 0 aliphatic heterocycles. The molecule has 0 aliphatic rings. The summed E-state index contributed by atoms with van der Waals surface area (Å²) in [5.74, 6) is -1.58. The quantitative estimate of drug-likeness (QED) is 0.149. The summed E-state index contributed by atoms with van der Waals surface area (Å²) < 4.78 is 160. The van der Waals surface area contributed by atoms with Crippen LogP contribution in [0.15, 0.2) is 200 Å². The van der Waals surface area contributed by atoms with E-state index in [0.717, 1.165) is 45.0 Å². The number of phenols is 1. The molecule has 0 bridgehead atoms. The highest BCUT2D eigenvalue weighted by molar-refractivity contribution is 5.98. The molecule has 10 aromatic rings. The van der Waals surface area contributed by atoms with E-state index in [1.165, 1.54) is 0 Å². The van der Waals surface area contributed by atoms with Gasteiger partial charge in [-0.1, -0.05) is 194 Å². The third-order valence-electron chi connectivity index (χ3n) is 12.6. The first-order valence-corrected chi connectivity index (χ1v) is 23.1. The smallest absolute Gasteiger partial charge is 0.149 e. The molecule has 0 spiro atoms. The number of imidazole rings is 1. The van der Waals surface area contributed by atoms with Gasteiger partial charge in [0.05, 0.1) is 28.0 Å². The number of para-hydroxylation sites is 1. The number of pyridine rings is 1. The van der Waals surface area contributed by atoms with Crippen molar-refractivity contribution in [2.45, 2.75) is 72.2 Å². The lowest BCUT2D eigenvalue weighted by Crippen LogP contribution is -2.17. The zero-order chi connectivity index (χ0) is 63.7. The minimum absolute atomic E-state index is 0.174. The normalized spacial score (nSPS) is 16.8. The number of benzene rings is 8. The highest BCUT2D eigenvalue weighted by Crippen LogP contribution is 2.46. The molecule has 0 unspecified atom stereocenters. The van der Waals surface area contributed by atoms with Gasteiger partial charge < -0.3 is 5.11 Å². The van der Waals surface area contributed by atoms with Crippen LogP contribution >= 0.6 is 0 Å². The number of aromatic hydroxyl groups is 1. The van der Waals surface area contributed by atoms with E-state index in [1.807, 2.05) is 146 Å². The highest BCUT2D eigenvalue weighted by atomic mass is 16.3. The molecule has 4 nitrogen and oxygen atoms in total. The Kier molecular flexibility index (Phi) is 7.77. The van der Waals surface area contributed by atoms with Gasteiger partial charge in [0.2, 0.25) is 0 Å². The Morgan fingerprint density at radius 1 is 0.500 bits per heavy atom. The van der Waals surface area contributed by atoms with Crippen LogP contribution in [0.4, 0.5) is 0 Å². The predicted molar refractivity (Wildman–Crippen MR) is 295 cm³/mol. The third-order valence-corrected chi connectivity index (χ3v) is 12.6. The SMILES string of the molecule is [2H]C([2H])([2H])C(c1cc(-c2nc3c(-c4cc(-c5ccccc5)cc(-c5cc(-c6ccc(-c7ccccc7)cc6)ccn5)c4)cccc3n2-c2ccc(CC(C)C)cc2-c2ccccc2)c(O)c(C(C([2H])([2H])[2H])(C([2H])([2H])[2H])C([2H])([2H])[2H])c1)(C([2H])([2H])[2H])C([2H])([2H])[2H]. The number of phenolic OH excluding ortho intramolecular Hbond substituents is 1. The molecule has 0 saturated carbocycles. The van der Waals surface area contributed by atoms with Crippen molar-refractivity contribution >= 4 is 11.0 Å². The van der Waals surface area contributed by atoms with Crippen LogP contribution in [-0.4, -0.2) is 19.6 Å². The largest absolute Gasteiger partial charge is 0.507 e. The summed E-state index contributed by atoms with van der Waals surface area (Å²) in [6, 6.07) is 58.6. The molecular formula is C66H61N3O. The van der Waals surface area contributed by atoms with Crippen molar-refractivity contribution in [1.29, 1.82) is 0 Å². The standard InChI is InChI=1S/C66H61N3O/c1-43(2)35-44-27-32-60(56(36-44)49-23-16-11-17-24-49)69-61-26-18-25-55(62(61)68-64(69)57-41-54(65(3,4)5)42-58(63(57)70)66(6,7)8)52-37-51(46-21-14-10-15-22-46)38-53(39-52)59-40-50(33-34-67-59)48-30-28-47(29-31-48)45-19-12-9-13-20-45/h9-34,36-43,70H,35H2,1-8H3/i3D3,4D3,5D3,6D3,7D3,8D3. The van der Waals surface area contributed by atoms with Crippen molar-refractivity contribution in [2.24, 2.45) is 5.92 Å². The van der Waals surface area contributed by atoms with E-state index in [9.17, 15) is 5.11 Å². The molecule has 0 radical (unpaired) electrons. The molecule has 0 amide bonds. The fourth-order valence-corrected chi connectivity index (χ4v) is 9.27. The number of rotatable bonds is 10. The lowest BCUT2D eigenvalue weighted by Gasteiger charge is -2.27. The second kappa shape index (κ2) is 18.6. The second-order valence-corrected chi connectivity index (χ2v) is 18.2. The maximum absolute atomic E-state index is 13.1. The highest BCUT2D eigenvalue weighted by Gasteiger charge is 2.29.